The number of hydrogen-bond acceptors (Lipinski definition) is 5. The maximum absolute atomic E-state index is 9.44. The van der Waals surface area contributed by atoms with E-state index in [0.29, 0.717) is 5.02 Å². The second-order valence-corrected chi connectivity index (χ2v) is 5.78. The summed E-state index contributed by atoms with van der Waals surface area (Å²) in [7, 11) is 0. The van der Waals surface area contributed by atoms with Crippen LogP contribution in [0.25, 0.3) is 16.7 Å². The number of halogens is 1. The first kappa shape index (κ1) is 15.7. The molecule has 7 heteroatoms. The quantitative estimate of drug-likeness (QED) is 0.667. The third-order valence-electron chi connectivity index (χ3n) is 3.52. The first-order valence-corrected chi connectivity index (χ1v) is 7.61. The van der Waals surface area contributed by atoms with Crippen molar-refractivity contribution in [3.8, 4) is 5.69 Å². The zero-order valence-corrected chi connectivity index (χ0v) is 13.3. The fourth-order valence-electron chi connectivity index (χ4n) is 2.24. The lowest BCUT2D eigenvalue weighted by Gasteiger charge is -2.12. The van der Waals surface area contributed by atoms with Crippen LogP contribution in [0, 0.1) is 6.92 Å². The summed E-state index contributed by atoms with van der Waals surface area (Å²) in [5.74, 6) is 0. The van der Waals surface area contributed by atoms with Crippen molar-refractivity contribution in [1.29, 1.82) is 0 Å². The molecule has 1 aromatic heterocycles. The van der Waals surface area contributed by atoms with Crippen molar-refractivity contribution in [1.82, 2.24) is 15.0 Å². The van der Waals surface area contributed by atoms with Gasteiger partial charge in [0.25, 0.3) is 0 Å². The summed E-state index contributed by atoms with van der Waals surface area (Å²) < 4.78 is 0. The van der Waals surface area contributed by atoms with Crippen molar-refractivity contribution < 1.29 is 10.2 Å². The van der Waals surface area contributed by atoms with Crippen LogP contribution in [0.1, 0.15) is 5.56 Å². The molecule has 0 spiro atoms. The molecule has 0 saturated heterocycles. The largest absolute Gasteiger partial charge is 0.394 e. The van der Waals surface area contributed by atoms with Gasteiger partial charge < -0.3 is 15.5 Å². The monoisotopic (exact) mass is 332 g/mol. The Morgan fingerprint density at radius 2 is 1.83 bits per heavy atom. The average Bonchev–Trinajstić information content (AvgIpc) is 2.95. The summed E-state index contributed by atoms with van der Waals surface area (Å²) in [5, 5.41) is 31.0. The van der Waals surface area contributed by atoms with Gasteiger partial charge in [-0.2, -0.15) is 4.80 Å². The molecule has 0 saturated carbocycles. The number of aromatic nitrogens is 3. The van der Waals surface area contributed by atoms with Crippen LogP contribution in [0.2, 0.25) is 5.02 Å². The SMILES string of the molecule is Cc1cc2nn(-c3ccc(Cl)cc3)nc2cc1NCC(O)CO. The number of nitrogens with zero attached hydrogens (tertiary/aromatic N) is 3. The molecule has 6 nitrogen and oxygen atoms in total. The van der Waals surface area contributed by atoms with Crippen molar-refractivity contribution in [3.63, 3.8) is 0 Å². The molecule has 0 aliphatic rings. The third-order valence-corrected chi connectivity index (χ3v) is 3.77. The van der Waals surface area contributed by atoms with Gasteiger partial charge in [-0.05, 0) is 48.9 Å². The molecule has 3 aromatic rings. The van der Waals surface area contributed by atoms with Crippen molar-refractivity contribution >= 4 is 28.3 Å². The van der Waals surface area contributed by atoms with Crippen LogP contribution in [-0.2, 0) is 0 Å². The topological polar surface area (TPSA) is 83.2 Å². The zero-order chi connectivity index (χ0) is 16.4. The van der Waals surface area contributed by atoms with Crippen LogP contribution in [-0.4, -0.2) is 44.5 Å². The molecule has 3 rings (SSSR count). The third kappa shape index (κ3) is 3.44. The maximum atomic E-state index is 9.44. The van der Waals surface area contributed by atoms with E-state index in [0.717, 1.165) is 28.0 Å². The first-order chi connectivity index (χ1) is 11.1. The Morgan fingerprint density at radius 1 is 1.17 bits per heavy atom. The molecule has 1 unspecified atom stereocenters. The van der Waals surface area contributed by atoms with E-state index < -0.39 is 6.10 Å². The van der Waals surface area contributed by atoms with Crippen LogP contribution >= 0.6 is 11.6 Å². The molecule has 0 fully saturated rings. The smallest absolute Gasteiger partial charge is 0.115 e. The fourth-order valence-corrected chi connectivity index (χ4v) is 2.37. The second kappa shape index (κ2) is 6.54. The minimum Gasteiger partial charge on any atom is -0.394 e. The maximum Gasteiger partial charge on any atom is 0.115 e. The lowest BCUT2D eigenvalue weighted by Crippen LogP contribution is -2.23. The van der Waals surface area contributed by atoms with Gasteiger partial charge in [0, 0.05) is 17.3 Å². The average molecular weight is 333 g/mol. The van der Waals surface area contributed by atoms with Gasteiger partial charge in [-0.25, -0.2) is 0 Å². The number of aliphatic hydroxyl groups is 2. The Bertz CT molecular complexity index is 817. The normalized spacial score (nSPS) is 12.5. The summed E-state index contributed by atoms with van der Waals surface area (Å²) in [4.78, 5) is 1.56. The van der Waals surface area contributed by atoms with Gasteiger partial charge in [-0.15, -0.1) is 10.2 Å². The number of hydrogen-bond donors (Lipinski definition) is 3. The predicted molar refractivity (Wildman–Crippen MR) is 90.2 cm³/mol. The molecular weight excluding hydrogens is 316 g/mol. The highest BCUT2D eigenvalue weighted by Crippen LogP contribution is 2.22. The van der Waals surface area contributed by atoms with Gasteiger partial charge in [-0.3, -0.25) is 0 Å². The van der Waals surface area contributed by atoms with Crippen LogP contribution < -0.4 is 5.32 Å². The van der Waals surface area contributed by atoms with Crippen molar-refractivity contribution in [2.45, 2.75) is 13.0 Å². The van der Waals surface area contributed by atoms with Gasteiger partial charge in [-0.1, -0.05) is 11.6 Å². The van der Waals surface area contributed by atoms with E-state index in [-0.39, 0.29) is 13.2 Å². The Labute approximate surface area is 138 Å². The van der Waals surface area contributed by atoms with Gasteiger partial charge in [0.1, 0.15) is 11.0 Å². The molecule has 0 bridgehead atoms. The first-order valence-electron chi connectivity index (χ1n) is 7.23. The Hall–Kier alpha value is -2.15. The minimum atomic E-state index is -0.796. The summed E-state index contributed by atoms with van der Waals surface area (Å²) in [6.07, 6.45) is -0.796. The lowest BCUT2D eigenvalue weighted by atomic mass is 10.1. The van der Waals surface area contributed by atoms with E-state index in [2.05, 4.69) is 15.5 Å². The molecule has 0 aliphatic carbocycles. The number of nitrogens with one attached hydrogen (secondary N) is 1. The van der Waals surface area contributed by atoms with Gasteiger partial charge in [0.2, 0.25) is 0 Å². The molecule has 1 heterocycles. The van der Waals surface area contributed by atoms with Crippen LogP contribution in [0.15, 0.2) is 36.4 Å². The predicted octanol–water partition coefficient (Wildman–Crippen LogP) is 2.15. The Kier molecular flexibility index (Phi) is 4.47. The lowest BCUT2D eigenvalue weighted by molar-refractivity contribution is 0.105. The summed E-state index contributed by atoms with van der Waals surface area (Å²) >= 11 is 5.90. The summed E-state index contributed by atoms with van der Waals surface area (Å²) in [5.41, 5.74) is 4.20. The van der Waals surface area contributed by atoms with E-state index in [9.17, 15) is 5.11 Å². The van der Waals surface area contributed by atoms with Crippen molar-refractivity contribution in [2.75, 3.05) is 18.5 Å². The van der Waals surface area contributed by atoms with E-state index in [1.165, 1.54) is 0 Å². The van der Waals surface area contributed by atoms with E-state index in [4.69, 9.17) is 16.7 Å². The van der Waals surface area contributed by atoms with Crippen molar-refractivity contribution in [3.05, 3.63) is 47.0 Å². The molecule has 23 heavy (non-hydrogen) atoms. The highest BCUT2D eigenvalue weighted by atomic mass is 35.5. The summed E-state index contributed by atoms with van der Waals surface area (Å²) in [6.45, 7) is 1.95. The van der Waals surface area contributed by atoms with E-state index >= 15 is 0 Å². The van der Waals surface area contributed by atoms with Gasteiger partial charge in [0.05, 0.1) is 18.4 Å². The van der Waals surface area contributed by atoms with Crippen LogP contribution in [0.4, 0.5) is 5.69 Å². The molecule has 120 valence electrons. The number of fused-ring (bicyclic) bond motifs is 1. The number of aliphatic hydroxyl groups excluding tert-OH is 2. The van der Waals surface area contributed by atoms with Crippen LogP contribution in [0.3, 0.4) is 0 Å². The number of aryl methyl sites for hydroxylation is 1. The Balaban J connectivity index is 1.92. The van der Waals surface area contributed by atoms with E-state index in [1.54, 1.807) is 16.9 Å². The highest BCUT2D eigenvalue weighted by Gasteiger charge is 2.09. The number of rotatable bonds is 5. The molecule has 0 amide bonds. The van der Waals surface area contributed by atoms with Crippen LogP contribution in [0.5, 0.6) is 0 Å². The molecule has 2 aromatic carbocycles. The van der Waals surface area contributed by atoms with Crippen molar-refractivity contribution in [2.24, 2.45) is 0 Å². The number of benzene rings is 2. The zero-order valence-electron chi connectivity index (χ0n) is 12.6. The molecular formula is C16H17ClN4O2. The minimum absolute atomic E-state index is 0.272. The second-order valence-electron chi connectivity index (χ2n) is 5.34. The number of anilines is 1. The van der Waals surface area contributed by atoms with E-state index in [1.807, 2.05) is 31.2 Å². The Morgan fingerprint density at radius 3 is 2.48 bits per heavy atom. The fraction of sp³-hybridized carbons (Fsp3) is 0.250. The van der Waals surface area contributed by atoms with Gasteiger partial charge in [0.15, 0.2) is 0 Å². The molecule has 0 radical (unpaired) electrons. The molecule has 1 atom stereocenters. The highest BCUT2D eigenvalue weighted by molar-refractivity contribution is 6.30. The standard InChI is InChI=1S/C16H17ClN4O2/c1-10-6-15-16(7-14(10)18-8-13(23)9-22)20-21(19-15)12-4-2-11(17)3-5-12/h2-7,13,18,22-23H,8-9H2,1H3. The van der Waals surface area contributed by atoms with Gasteiger partial charge >= 0.3 is 0 Å². The molecule has 3 N–H and O–H groups in total. The molecule has 0 aliphatic heterocycles. The summed E-state index contributed by atoms with van der Waals surface area (Å²) in [6, 6.07) is 11.1.